The van der Waals surface area contributed by atoms with Gasteiger partial charge in [-0.05, 0) is 43.0 Å². The van der Waals surface area contributed by atoms with Crippen molar-refractivity contribution in [2.75, 3.05) is 0 Å². The van der Waals surface area contributed by atoms with Gasteiger partial charge in [-0.3, -0.25) is 4.98 Å². The maximum Gasteiger partial charge on any atom is 0.328 e. The van der Waals surface area contributed by atoms with Crippen molar-refractivity contribution >= 4 is 46.0 Å². The number of hydrogen-bond acceptors (Lipinski definition) is 3. The van der Waals surface area contributed by atoms with Crippen LogP contribution >= 0.6 is 7.14 Å². The number of nitrogens with zero attached hydrogens (tertiary/aromatic N) is 1. The summed E-state index contributed by atoms with van der Waals surface area (Å²) in [5.41, 5.74) is 3.11. The Hall–Kier alpha value is -3.49. The largest absolute Gasteiger partial charge is 0.478 e. The molecule has 4 nitrogen and oxygen atoms in total. The molecule has 154 valence electrons. The van der Waals surface area contributed by atoms with Gasteiger partial charge in [0.25, 0.3) is 0 Å². The molecule has 1 aromatic heterocycles. The maximum absolute atomic E-state index is 14.9. The van der Waals surface area contributed by atoms with E-state index < -0.39 is 13.1 Å². The van der Waals surface area contributed by atoms with Crippen LogP contribution in [-0.4, -0.2) is 16.1 Å². The minimum atomic E-state index is -3.37. The Balaban J connectivity index is 2.03. The first-order chi connectivity index (χ1) is 14.9. The molecule has 4 rings (SSSR count). The first-order valence-electron chi connectivity index (χ1n) is 9.93. The van der Waals surface area contributed by atoms with Gasteiger partial charge in [0.1, 0.15) is 5.44 Å². The third-order valence-electron chi connectivity index (χ3n) is 5.26. The highest BCUT2D eigenvalue weighted by Gasteiger charge is 2.33. The van der Waals surface area contributed by atoms with Crippen molar-refractivity contribution in [3.63, 3.8) is 0 Å². The van der Waals surface area contributed by atoms with Gasteiger partial charge in [-0.15, -0.1) is 0 Å². The Morgan fingerprint density at radius 2 is 1.58 bits per heavy atom. The van der Waals surface area contributed by atoms with Crippen molar-refractivity contribution in [3.8, 4) is 0 Å². The number of rotatable bonds is 5. The Labute approximate surface area is 181 Å². The summed E-state index contributed by atoms with van der Waals surface area (Å²) in [6.45, 7) is 3.91. The van der Waals surface area contributed by atoms with Crippen molar-refractivity contribution in [2.45, 2.75) is 13.8 Å². The van der Waals surface area contributed by atoms with Gasteiger partial charge in [0.2, 0.25) is 0 Å². The summed E-state index contributed by atoms with van der Waals surface area (Å²) >= 11 is 0. The lowest BCUT2D eigenvalue weighted by Gasteiger charge is -2.22. The van der Waals surface area contributed by atoms with Gasteiger partial charge in [0, 0.05) is 28.3 Å². The topological polar surface area (TPSA) is 67.3 Å². The van der Waals surface area contributed by atoms with E-state index in [1.807, 2.05) is 86.6 Å². The zero-order valence-corrected chi connectivity index (χ0v) is 18.2. The molecule has 0 bridgehead atoms. The Morgan fingerprint density at radius 1 is 0.903 bits per heavy atom. The molecule has 1 atom stereocenters. The van der Waals surface area contributed by atoms with Crippen molar-refractivity contribution < 1.29 is 14.5 Å². The molecule has 1 N–H and O–H groups in total. The van der Waals surface area contributed by atoms with Gasteiger partial charge in [-0.2, -0.15) is 0 Å². The molecular weight excluding hydrogens is 405 g/mol. The van der Waals surface area contributed by atoms with Crippen molar-refractivity contribution in [1.29, 1.82) is 0 Å². The number of aryl methyl sites for hydroxylation is 2. The lowest BCUT2D eigenvalue weighted by Crippen LogP contribution is -2.28. The number of fused-ring (bicyclic) bond motifs is 1. The Bertz CT molecular complexity index is 1360. The van der Waals surface area contributed by atoms with Gasteiger partial charge in [0.15, 0.2) is 7.14 Å². The molecule has 0 radical (unpaired) electrons. The summed E-state index contributed by atoms with van der Waals surface area (Å²) < 4.78 is 14.9. The van der Waals surface area contributed by atoms with E-state index in [0.717, 1.165) is 28.0 Å². The Kier molecular flexibility index (Phi) is 5.58. The minimum absolute atomic E-state index is 0.476. The van der Waals surface area contributed by atoms with E-state index in [4.69, 9.17) is 5.11 Å². The van der Waals surface area contributed by atoms with Gasteiger partial charge in [-0.25, -0.2) is 4.79 Å². The van der Waals surface area contributed by atoms with E-state index in [2.05, 4.69) is 4.98 Å². The summed E-state index contributed by atoms with van der Waals surface area (Å²) in [6, 6.07) is 22.9. The standard InChI is InChI=1S/C26H22NO3P/c1-18-7-11-23(12-8-18)31(30,25-16-20-5-3-4-6-22(20)17-27-25)24-13-9-19(2)15-21(24)10-14-26(28)29/h3-17H,1-2H3,(H,28,29)/b14-10+. The summed E-state index contributed by atoms with van der Waals surface area (Å²) in [7, 11) is -3.37. The predicted octanol–water partition coefficient (Wildman–Crippen LogP) is 4.59. The quantitative estimate of drug-likeness (QED) is 0.374. The Morgan fingerprint density at radius 3 is 2.29 bits per heavy atom. The smallest absolute Gasteiger partial charge is 0.328 e. The fourth-order valence-corrected chi connectivity index (χ4v) is 6.34. The number of carboxylic acids is 1. The average Bonchev–Trinajstić information content (AvgIpc) is 2.77. The zero-order chi connectivity index (χ0) is 22.0. The lowest BCUT2D eigenvalue weighted by molar-refractivity contribution is -0.131. The molecule has 4 aromatic rings. The van der Waals surface area contributed by atoms with Crippen LogP contribution in [-0.2, 0) is 9.36 Å². The molecule has 3 aromatic carbocycles. The van der Waals surface area contributed by atoms with Gasteiger partial charge in [0.05, 0.1) is 0 Å². The normalized spacial score (nSPS) is 13.4. The number of pyridine rings is 1. The van der Waals surface area contributed by atoms with E-state index >= 15 is 0 Å². The number of aliphatic carboxylic acids is 1. The van der Waals surface area contributed by atoms with Crippen LogP contribution in [0.3, 0.4) is 0 Å². The third kappa shape index (κ3) is 4.08. The molecule has 0 amide bonds. The molecule has 5 heteroatoms. The highest BCUT2D eigenvalue weighted by molar-refractivity contribution is 7.85. The fourth-order valence-electron chi connectivity index (χ4n) is 3.65. The highest BCUT2D eigenvalue weighted by atomic mass is 31.2. The second-order valence-electron chi connectivity index (χ2n) is 7.57. The lowest BCUT2D eigenvalue weighted by atomic mass is 10.1. The number of hydrogen-bond donors (Lipinski definition) is 1. The van der Waals surface area contributed by atoms with Gasteiger partial charge < -0.3 is 9.67 Å². The second-order valence-corrected chi connectivity index (χ2v) is 10.2. The number of carboxylic acid groups (broad SMARTS) is 1. The van der Waals surface area contributed by atoms with Crippen LogP contribution in [0.25, 0.3) is 16.8 Å². The SMILES string of the molecule is Cc1ccc(P(=O)(c2cc3ccccc3cn2)c2ccc(C)cc2/C=C/C(=O)O)cc1. The highest BCUT2D eigenvalue weighted by Crippen LogP contribution is 2.43. The van der Waals surface area contributed by atoms with Crippen LogP contribution in [0.2, 0.25) is 0 Å². The monoisotopic (exact) mass is 427 g/mol. The zero-order valence-electron chi connectivity index (χ0n) is 17.3. The van der Waals surface area contributed by atoms with Crippen molar-refractivity contribution in [2.24, 2.45) is 0 Å². The second kappa shape index (κ2) is 8.33. The molecule has 0 aliphatic rings. The van der Waals surface area contributed by atoms with Crippen LogP contribution in [0.5, 0.6) is 0 Å². The molecule has 1 heterocycles. The molecule has 0 saturated heterocycles. The first kappa shape index (κ1) is 20.8. The van der Waals surface area contributed by atoms with Crippen LogP contribution in [0.1, 0.15) is 16.7 Å². The van der Waals surface area contributed by atoms with E-state index in [9.17, 15) is 9.36 Å². The van der Waals surface area contributed by atoms with Gasteiger partial charge in [-0.1, -0.05) is 71.8 Å². The molecule has 31 heavy (non-hydrogen) atoms. The van der Waals surface area contributed by atoms with Crippen molar-refractivity contribution in [3.05, 3.63) is 102 Å². The number of carbonyl (C=O) groups is 1. The third-order valence-corrected chi connectivity index (χ3v) is 8.27. The van der Waals surface area contributed by atoms with E-state index in [1.165, 1.54) is 6.08 Å². The molecule has 0 saturated carbocycles. The maximum atomic E-state index is 14.9. The minimum Gasteiger partial charge on any atom is -0.478 e. The van der Waals surface area contributed by atoms with Crippen LogP contribution in [0.4, 0.5) is 0 Å². The van der Waals surface area contributed by atoms with E-state index in [0.29, 0.717) is 21.6 Å². The van der Waals surface area contributed by atoms with E-state index in [1.54, 1.807) is 6.20 Å². The van der Waals surface area contributed by atoms with Crippen molar-refractivity contribution in [1.82, 2.24) is 4.98 Å². The summed E-state index contributed by atoms with van der Waals surface area (Å²) in [5.74, 6) is -1.05. The fraction of sp³-hybridized carbons (Fsp3) is 0.0769. The summed E-state index contributed by atoms with van der Waals surface area (Å²) in [5, 5.41) is 12.3. The first-order valence-corrected chi connectivity index (χ1v) is 11.6. The summed E-state index contributed by atoms with van der Waals surface area (Å²) in [4.78, 5) is 15.8. The van der Waals surface area contributed by atoms with Crippen LogP contribution in [0, 0.1) is 13.8 Å². The molecule has 0 aliphatic heterocycles. The number of benzene rings is 3. The van der Waals surface area contributed by atoms with Crippen LogP contribution < -0.4 is 16.0 Å². The molecule has 1 unspecified atom stereocenters. The molecule has 0 spiro atoms. The average molecular weight is 427 g/mol. The predicted molar refractivity (Wildman–Crippen MR) is 127 cm³/mol. The summed E-state index contributed by atoms with van der Waals surface area (Å²) in [6.07, 6.45) is 4.32. The van der Waals surface area contributed by atoms with Crippen LogP contribution in [0.15, 0.2) is 85.1 Å². The molecule has 0 fully saturated rings. The van der Waals surface area contributed by atoms with Gasteiger partial charge >= 0.3 is 5.97 Å². The van der Waals surface area contributed by atoms with E-state index in [-0.39, 0.29) is 0 Å². The molecular formula is C26H22NO3P. The number of aromatic nitrogens is 1. The molecule has 0 aliphatic carbocycles.